The highest BCUT2D eigenvalue weighted by Gasteiger charge is 2.22. The van der Waals surface area contributed by atoms with Gasteiger partial charge < -0.3 is 4.90 Å². The maximum Gasteiger partial charge on any atom is 0.263 e. The second-order valence-electron chi connectivity index (χ2n) is 7.01. The van der Waals surface area contributed by atoms with Crippen molar-refractivity contribution >= 4 is 29.0 Å². The molecule has 0 spiro atoms. The summed E-state index contributed by atoms with van der Waals surface area (Å²) in [4.78, 5) is 20.2. The largest absolute Gasteiger partial charge is 0.356 e. The molecule has 1 atom stereocenters. The highest BCUT2D eigenvalue weighted by atomic mass is 35.5. The molecule has 1 aliphatic rings. The predicted molar refractivity (Wildman–Crippen MR) is 109 cm³/mol. The maximum absolute atomic E-state index is 13.1. The third-order valence-electron chi connectivity index (χ3n) is 5.35. The summed E-state index contributed by atoms with van der Waals surface area (Å²) in [6.45, 7) is 7.84. The zero-order valence-corrected chi connectivity index (χ0v) is 17.1. The predicted octanol–water partition coefficient (Wildman–Crippen LogP) is 5.17. The average Bonchev–Trinajstić information content (AvgIpc) is 2.87. The van der Waals surface area contributed by atoms with E-state index in [1.54, 1.807) is 22.8 Å². The van der Waals surface area contributed by atoms with Crippen LogP contribution in [0.2, 0.25) is 10.0 Å². The van der Waals surface area contributed by atoms with Crippen LogP contribution in [-0.2, 0) is 0 Å². The minimum atomic E-state index is -0.0899. The normalized spacial score (nSPS) is 18.0. The molecule has 1 fully saturated rings. The summed E-state index contributed by atoms with van der Waals surface area (Å²) in [6.07, 6.45) is 4.76. The molecule has 6 heteroatoms. The molecular weight excluding hydrogens is 369 g/mol. The smallest absolute Gasteiger partial charge is 0.263 e. The van der Waals surface area contributed by atoms with E-state index in [0.717, 1.165) is 37.7 Å². The first kappa shape index (κ1) is 19.2. The molecule has 1 unspecified atom stereocenters. The molecule has 1 saturated heterocycles. The molecular formula is C20H25Cl2N3O. The molecule has 1 aromatic carbocycles. The number of halogens is 2. The molecule has 26 heavy (non-hydrogen) atoms. The summed E-state index contributed by atoms with van der Waals surface area (Å²) >= 11 is 12.5. The molecule has 0 amide bonds. The van der Waals surface area contributed by atoms with Gasteiger partial charge in [-0.2, -0.15) is 0 Å². The standard InChI is InChI=1S/C20H25Cl2N3O/c1-4-15-7-6-11-24(12-10-15)19-13(2)20(26)25(14(3)23-19)17-9-5-8-16(21)18(17)22/h5,8-9,15H,4,6-7,10-12H2,1-3H3. The lowest BCUT2D eigenvalue weighted by Crippen LogP contribution is -2.32. The number of aryl methyl sites for hydroxylation is 1. The highest BCUT2D eigenvalue weighted by molar-refractivity contribution is 6.43. The molecule has 0 radical (unpaired) electrons. The summed E-state index contributed by atoms with van der Waals surface area (Å²) in [5, 5.41) is 0.796. The summed E-state index contributed by atoms with van der Waals surface area (Å²) in [5.74, 6) is 2.20. The first-order valence-corrected chi connectivity index (χ1v) is 9.99. The van der Waals surface area contributed by atoms with Gasteiger partial charge in [0, 0.05) is 13.1 Å². The van der Waals surface area contributed by atoms with Crippen LogP contribution in [-0.4, -0.2) is 22.6 Å². The number of nitrogens with zero attached hydrogens (tertiary/aromatic N) is 3. The van der Waals surface area contributed by atoms with Gasteiger partial charge in [-0.1, -0.05) is 42.6 Å². The molecule has 0 saturated carbocycles. The van der Waals surface area contributed by atoms with Gasteiger partial charge in [0.1, 0.15) is 11.6 Å². The van der Waals surface area contributed by atoms with Crippen molar-refractivity contribution in [2.45, 2.75) is 46.5 Å². The SMILES string of the molecule is CCC1CCCN(c2nc(C)n(-c3cccc(Cl)c3Cl)c(=O)c2C)CC1. The van der Waals surface area contributed by atoms with Gasteiger partial charge in [-0.05, 0) is 51.2 Å². The van der Waals surface area contributed by atoms with Crippen LogP contribution < -0.4 is 10.5 Å². The Bertz CT molecular complexity index is 863. The van der Waals surface area contributed by atoms with Crippen LogP contribution in [0, 0.1) is 19.8 Å². The zero-order valence-electron chi connectivity index (χ0n) is 15.6. The summed E-state index contributed by atoms with van der Waals surface area (Å²) < 4.78 is 1.56. The number of aromatic nitrogens is 2. The van der Waals surface area contributed by atoms with Crippen molar-refractivity contribution < 1.29 is 0 Å². The van der Waals surface area contributed by atoms with Gasteiger partial charge in [0.05, 0.1) is 21.3 Å². The fourth-order valence-electron chi connectivity index (χ4n) is 3.74. The molecule has 0 bridgehead atoms. The molecule has 1 aromatic heterocycles. The van der Waals surface area contributed by atoms with Gasteiger partial charge in [-0.15, -0.1) is 0 Å². The summed E-state index contributed by atoms with van der Waals surface area (Å²) in [6, 6.07) is 5.29. The third-order valence-corrected chi connectivity index (χ3v) is 6.16. The highest BCUT2D eigenvalue weighted by Crippen LogP contribution is 2.29. The van der Waals surface area contributed by atoms with E-state index < -0.39 is 0 Å². The lowest BCUT2D eigenvalue weighted by molar-refractivity contribution is 0.459. The number of rotatable bonds is 3. The van der Waals surface area contributed by atoms with Crippen molar-refractivity contribution in [2.75, 3.05) is 18.0 Å². The van der Waals surface area contributed by atoms with E-state index in [2.05, 4.69) is 11.8 Å². The summed E-state index contributed by atoms with van der Waals surface area (Å²) in [5.41, 5.74) is 1.14. The van der Waals surface area contributed by atoms with Crippen molar-refractivity contribution in [3.8, 4) is 5.69 Å². The van der Waals surface area contributed by atoms with E-state index in [-0.39, 0.29) is 5.56 Å². The van der Waals surface area contributed by atoms with Crippen LogP contribution in [0.3, 0.4) is 0 Å². The monoisotopic (exact) mass is 393 g/mol. The van der Waals surface area contributed by atoms with E-state index in [0.29, 0.717) is 27.1 Å². The van der Waals surface area contributed by atoms with Gasteiger partial charge in [0.25, 0.3) is 5.56 Å². The Labute approximate surface area is 164 Å². The van der Waals surface area contributed by atoms with Crippen molar-refractivity contribution in [1.82, 2.24) is 9.55 Å². The number of anilines is 1. The van der Waals surface area contributed by atoms with Crippen molar-refractivity contribution in [3.05, 3.63) is 50.0 Å². The molecule has 0 N–H and O–H groups in total. The fourth-order valence-corrected chi connectivity index (χ4v) is 4.12. The van der Waals surface area contributed by atoms with E-state index >= 15 is 0 Å². The Morgan fingerprint density at radius 1 is 1.19 bits per heavy atom. The lowest BCUT2D eigenvalue weighted by Gasteiger charge is -2.25. The molecule has 1 aliphatic heterocycles. The van der Waals surface area contributed by atoms with E-state index in [4.69, 9.17) is 28.2 Å². The Kier molecular flexibility index (Phi) is 5.93. The van der Waals surface area contributed by atoms with Crippen LogP contribution >= 0.6 is 23.2 Å². The third kappa shape index (κ3) is 3.63. The van der Waals surface area contributed by atoms with Crippen molar-refractivity contribution in [3.63, 3.8) is 0 Å². The van der Waals surface area contributed by atoms with Crippen molar-refractivity contribution in [1.29, 1.82) is 0 Å². The Morgan fingerprint density at radius 3 is 2.69 bits per heavy atom. The number of hydrogen-bond donors (Lipinski definition) is 0. The topological polar surface area (TPSA) is 38.1 Å². The van der Waals surface area contributed by atoms with Crippen LogP contribution in [0.5, 0.6) is 0 Å². The maximum atomic E-state index is 13.1. The van der Waals surface area contributed by atoms with E-state index in [1.165, 1.54) is 12.8 Å². The molecule has 2 aromatic rings. The van der Waals surface area contributed by atoms with Crippen LogP contribution in [0.4, 0.5) is 5.82 Å². The minimum absolute atomic E-state index is 0.0899. The Morgan fingerprint density at radius 2 is 1.96 bits per heavy atom. The molecule has 3 rings (SSSR count). The van der Waals surface area contributed by atoms with Crippen LogP contribution in [0.15, 0.2) is 23.0 Å². The number of hydrogen-bond acceptors (Lipinski definition) is 3. The van der Waals surface area contributed by atoms with Gasteiger partial charge in [-0.3, -0.25) is 9.36 Å². The quantitative estimate of drug-likeness (QED) is 0.721. The Balaban J connectivity index is 2.04. The van der Waals surface area contributed by atoms with Crippen LogP contribution in [0.1, 0.15) is 44.0 Å². The lowest BCUT2D eigenvalue weighted by atomic mass is 9.98. The second-order valence-corrected chi connectivity index (χ2v) is 7.80. The van der Waals surface area contributed by atoms with E-state index in [1.807, 2.05) is 13.8 Å². The van der Waals surface area contributed by atoms with Crippen molar-refractivity contribution in [2.24, 2.45) is 5.92 Å². The fraction of sp³-hybridized carbons (Fsp3) is 0.500. The zero-order chi connectivity index (χ0) is 18.8. The number of benzene rings is 1. The second kappa shape index (κ2) is 8.01. The molecule has 2 heterocycles. The van der Waals surface area contributed by atoms with Gasteiger partial charge in [0.15, 0.2) is 0 Å². The van der Waals surface area contributed by atoms with Gasteiger partial charge in [0.2, 0.25) is 0 Å². The molecule has 0 aliphatic carbocycles. The molecule has 140 valence electrons. The molecule has 4 nitrogen and oxygen atoms in total. The average molecular weight is 394 g/mol. The van der Waals surface area contributed by atoms with Gasteiger partial charge in [-0.25, -0.2) is 4.98 Å². The van der Waals surface area contributed by atoms with Crippen LogP contribution in [0.25, 0.3) is 5.69 Å². The first-order chi connectivity index (χ1) is 12.4. The first-order valence-electron chi connectivity index (χ1n) is 9.23. The van der Waals surface area contributed by atoms with E-state index in [9.17, 15) is 4.79 Å². The Hall–Kier alpha value is -1.52. The van der Waals surface area contributed by atoms with Gasteiger partial charge >= 0.3 is 0 Å². The minimum Gasteiger partial charge on any atom is -0.356 e. The summed E-state index contributed by atoms with van der Waals surface area (Å²) in [7, 11) is 0.